The molecule has 4 bridgehead atoms. The largest absolute Gasteiger partial charge is 0.447 e. The lowest BCUT2D eigenvalue weighted by atomic mass is 10.0. The third kappa shape index (κ3) is 9.33. The summed E-state index contributed by atoms with van der Waals surface area (Å²) in [6.45, 7) is 5.08. The van der Waals surface area contributed by atoms with Gasteiger partial charge in [-0.15, -0.1) is 22.7 Å². The van der Waals surface area contributed by atoms with Gasteiger partial charge in [0.2, 0.25) is 11.8 Å². The Morgan fingerprint density at radius 1 is 0.958 bits per heavy atom. The van der Waals surface area contributed by atoms with E-state index < -0.39 is 6.04 Å². The van der Waals surface area contributed by atoms with Gasteiger partial charge < -0.3 is 31.0 Å². The van der Waals surface area contributed by atoms with Gasteiger partial charge in [0.25, 0.3) is 17.7 Å². The van der Waals surface area contributed by atoms with E-state index in [1.54, 1.807) is 15.7 Å². The number of hydrogen-bond donors (Lipinski definition) is 4. The highest BCUT2D eigenvalue weighted by Crippen LogP contribution is 2.27. The molecule has 0 saturated carbocycles. The molecule has 0 spiro atoms. The SMILES string of the molecule is CC(C)C[C@@H]1NC(=O)CCCN(C(=O)c2coc(CN)n2)CCCNC(=O)c2csc(n2)[C@H](Cc2ccccc2)NC(=O)c2csc1n2. The summed E-state index contributed by atoms with van der Waals surface area (Å²) in [7, 11) is 0. The predicted octanol–water partition coefficient (Wildman–Crippen LogP) is 4.02. The van der Waals surface area contributed by atoms with E-state index in [4.69, 9.17) is 10.2 Å². The number of nitrogens with zero attached hydrogens (tertiary/aromatic N) is 4. The molecule has 0 unspecified atom stereocenters. The minimum Gasteiger partial charge on any atom is -0.447 e. The van der Waals surface area contributed by atoms with Crippen molar-refractivity contribution in [3.8, 4) is 0 Å². The second kappa shape index (κ2) is 16.6. The van der Waals surface area contributed by atoms with Crippen LogP contribution in [0.15, 0.2) is 51.8 Å². The van der Waals surface area contributed by atoms with E-state index in [-0.39, 0.29) is 78.1 Å². The van der Waals surface area contributed by atoms with E-state index in [9.17, 15) is 19.2 Å². The minimum atomic E-state index is -0.507. The van der Waals surface area contributed by atoms with Crippen LogP contribution in [0.4, 0.5) is 0 Å². The zero-order valence-corrected chi connectivity index (χ0v) is 28.6. The van der Waals surface area contributed by atoms with Gasteiger partial charge in [0.1, 0.15) is 27.7 Å². The van der Waals surface area contributed by atoms with Gasteiger partial charge >= 0.3 is 0 Å². The van der Waals surface area contributed by atoms with E-state index in [0.717, 1.165) is 5.56 Å². The molecule has 4 heterocycles. The number of benzene rings is 1. The molecule has 1 aliphatic heterocycles. The zero-order chi connectivity index (χ0) is 34.0. The third-order valence-electron chi connectivity index (χ3n) is 7.69. The number of rotatable bonds is 6. The van der Waals surface area contributed by atoms with Crippen LogP contribution >= 0.6 is 22.7 Å². The van der Waals surface area contributed by atoms with Gasteiger partial charge in [-0.1, -0.05) is 44.2 Å². The smallest absolute Gasteiger partial charge is 0.275 e. The zero-order valence-electron chi connectivity index (χ0n) is 26.9. The third-order valence-corrected chi connectivity index (χ3v) is 9.61. The molecule has 1 aliphatic rings. The molecule has 0 aliphatic carbocycles. The molecular weight excluding hydrogens is 653 g/mol. The number of nitrogens with one attached hydrogen (secondary N) is 3. The van der Waals surface area contributed by atoms with Gasteiger partial charge in [-0.3, -0.25) is 19.2 Å². The second-order valence-corrected chi connectivity index (χ2v) is 13.7. The summed E-state index contributed by atoms with van der Waals surface area (Å²) in [5.41, 5.74) is 7.23. The lowest BCUT2D eigenvalue weighted by Gasteiger charge is -2.22. The average Bonchev–Trinajstić information content (AvgIpc) is 3.86. The molecular formula is C33H40N8O5S2. The highest BCUT2D eigenvalue weighted by atomic mass is 32.1. The Bertz CT molecular complexity index is 1700. The van der Waals surface area contributed by atoms with E-state index in [1.165, 1.54) is 28.9 Å². The molecule has 13 nitrogen and oxygen atoms in total. The summed E-state index contributed by atoms with van der Waals surface area (Å²) in [4.78, 5) is 68.1. The van der Waals surface area contributed by atoms with Crippen molar-refractivity contribution in [2.75, 3.05) is 19.6 Å². The van der Waals surface area contributed by atoms with Gasteiger partial charge in [0, 0.05) is 36.8 Å². The van der Waals surface area contributed by atoms with E-state index in [0.29, 0.717) is 48.8 Å². The maximum atomic E-state index is 13.5. The van der Waals surface area contributed by atoms with Crippen molar-refractivity contribution in [2.45, 2.75) is 64.6 Å². The molecule has 5 N–H and O–H groups in total. The number of thiazole rings is 2. The van der Waals surface area contributed by atoms with Crippen molar-refractivity contribution >= 4 is 46.3 Å². The summed E-state index contributed by atoms with van der Waals surface area (Å²) in [5.74, 6) is -0.738. The topological polar surface area (TPSA) is 185 Å². The lowest BCUT2D eigenvalue weighted by Crippen LogP contribution is -2.36. The number of amides is 4. The van der Waals surface area contributed by atoms with E-state index in [2.05, 4.69) is 44.7 Å². The molecule has 1 aromatic carbocycles. The number of nitrogens with two attached hydrogens (primary N) is 1. The van der Waals surface area contributed by atoms with Crippen molar-refractivity contribution in [2.24, 2.45) is 11.7 Å². The Hall–Kier alpha value is -4.47. The van der Waals surface area contributed by atoms with Gasteiger partial charge in [0.05, 0.1) is 18.6 Å². The van der Waals surface area contributed by atoms with Gasteiger partial charge in [-0.25, -0.2) is 15.0 Å². The van der Waals surface area contributed by atoms with Crippen molar-refractivity contribution in [1.82, 2.24) is 35.8 Å². The summed E-state index contributed by atoms with van der Waals surface area (Å²) in [6.07, 6.45) is 3.41. The minimum absolute atomic E-state index is 0.0627. The number of aromatic nitrogens is 3. The highest BCUT2D eigenvalue weighted by Gasteiger charge is 2.26. The molecule has 4 aromatic rings. The van der Waals surface area contributed by atoms with Gasteiger partial charge in [-0.05, 0) is 37.2 Å². The summed E-state index contributed by atoms with van der Waals surface area (Å²) in [5, 5.41) is 13.7. The average molecular weight is 693 g/mol. The van der Waals surface area contributed by atoms with Crippen LogP contribution in [0.5, 0.6) is 0 Å². The van der Waals surface area contributed by atoms with E-state index in [1.807, 2.05) is 30.3 Å². The fourth-order valence-corrected chi connectivity index (χ4v) is 7.03. The standard InChI is InChI=1S/C33H40N8O5S2/c1-20(2)14-22-31-40-26(19-48-31)30(44)38-23(15-21-8-4-3-5-9-21)32-39-25(18-47-32)29(43)35-11-7-13-41(12-6-10-27(42)36-22)33(45)24-17-46-28(16-34)37-24/h3-5,8-9,17-20,22-23H,6-7,10-16,34H2,1-2H3,(H,35,43)(H,36,42)(H,38,44)/t22-,23-/m0/s1. The number of carbonyl (C=O) groups is 4. The molecule has 0 fully saturated rings. The first-order valence-electron chi connectivity index (χ1n) is 16.0. The van der Waals surface area contributed by atoms with E-state index >= 15 is 0 Å². The molecule has 4 amide bonds. The quantitative estimate of drug-likeness (QED) is 0.232. The molecule has 15 heteroatoms. The number of fused-ring (bicyclic) bond motifs is 4. The first-order valence-corrected chi connectivity index (χ1v) is 17.7. The maximum Gasteiger partial charge on any atom is 0.275 e. The highest BCUT2D eigenvalue weighted by molar-refractivity contribution is 7.10. The lowest BCUT2D eigenvalue weighted by molar-refractivity contribution is -0.122. The molecule has 254 valence electrons. The van der Waals surface area contributed by atoms with Crippen LogP contribution < -0.4 is 21.7 Å². The Morgan fingerprint density at radius 3 is 2.33 bits per heavy atom. The van der Waals surface area contributed by atoms with Gasteiger partial charge in [-0.2, -0.15) is 0 Å². The predicted molar refractivity (Wildman–Crippen MR) is 181 cm³/mol. The van der Waals surface area contributed by atoms with Crippen LogP contribution in [0.2, 0.25) is 0 Å². The molecule has 48 heavy (non-hydrogen) atoms. The number of oxazole rings is 1. The van der Waals surface area contributed by atoms with Crippen molar-refractivity contribution in [3.63, 3.8) is 0 Å². The Labute approximate surface area is 286 Å². The summed E-state index contributed by atoms with van der Waals surface area (Å²) in [6, 6.07) is 8.85. The fraction of sp³-hybridized carbons (Fsp3) is 0.424. The number of hydrogen-bond acceptors (Lipinski definition) is 11. The second-order valence-electron chi connectivity index (χ2n) is 11.9. The van der Waals surface area contributed by atoms with Crippen LogP contribution in [-0.4, -0.2) is 63.1 Å². The summed E-state index contributed by atoms with van der Waals surface area (Å²) >= 11 is 2.62. The van der Waals surface area contributed by atoms with Crippen molar-refractivity contribution < 1.29 is 23.6 Å². The molecule has 2 atom stereocenters. The van der Waals surface area contributed by atoms with Crippen LogP contribution in [0, 0.1) is 5.92 Å². The maximum absolute atomic E-state index is 13.5. The molecule has 0 saturated heterocycles. The first kappa shape index (κ1) is 34.9. The Balaban J connectivity index is 1.41. The fourth-order valence-electron chi connectivity index (χ4n) is 5.32. The molecule has 5 rings (SSSR count). The monoisotopic (exact) mass is 692 g/mol. The Morgan fingerprint density at radius 2 is 1.65 bits per heavy atom. The summed E-state index contributed by atoms with van der Waals surface area (Å²) < 4.78 is 5.27. The van der Waals surface area contributed by atoms with Crippen molar-refractivity contribution in [3.05, 3.63) is 85.9 Å². The molecule has 3 aromatic heterocycles. The Kier molecular flexibility index (Phi) is 12.0. The first-order chi connectivity index (χ1) is 23.2. The van der Waals surface area contributed by atoms with Gasteiger partial charge in [0.15, 0.2) is 5.69 Å². The van der Waals surface area contributed by atoms with Crippen LogP contribution in [0.3, 0.4) is 0 Å². The number of carbonyl (C=O) groups excluding carboxylic acids is 4. The van der Waals surface area contributed by atoms with Crippen LogP contribution in [0.1, 0.15) is 105 Å². The van der Waals surface area contributed by atoms with Crippen molar-refractivity contribution in [1.29, 1.82) is 0 Å². The van der Waals surface area contributed by atoms with Crippen LogP contribution in [0.25, 0.3) is 0 Å². The normalized spacial score (nSPS) is 18.5. The molecule has 0 radical (unpaired) electrons. The van der Waals surface area contributed by atoms with Crippen LogP contribution in [-0.2, 0) is 17.8 Å².